The molecular formula is C7H8N4O. The van der Waals surface area contributed by atoms with Gasteiger partial charge in [-0.2, -0.15) is 0 Å². The van der Waals surface area contributed by atoms with Crippen LogP contribution < -0.4 is 4.68 Å². The molecule has 1 heterocycles. The van der Waals surface area contributed by atoms with Crippen LogP contribution in [-0.2, 0) is 0 Å². The number of tetrazole rings is 1. The fourth-order valence-electron chi connectivity index (χ4n) is 0.890. The van der Waals surface area contributed by atoms with E-state index in [2.05, 4.69) is 15.5 Å². The number of nitrogens with zero attached hydrogens (tertiary/aromatic N) is 3. The van der Waals surface area contributed by atoms with Gasteiger partial charge in [-0.15, -0.1) is 4.68 Å². The van der Waals surface area contributed by atoms with Gasteiger partial charge in [-0.1, -0.05) is 23.4 Å². The number of nitrogens with one attached hydrogen (secondary N) is 1. The van der Waals surface area contributed by atoms with Gasteiger partial charge in [0.25, 0.3) is 6.33 Å². The van der Waals surface area contributed by atoms with E-state index in [9.17, 15) is 0 Å². The van der Waals surface area contributed by atoms with Crippen LogP contribution >= 0.6 is 0 Å². The molecule has 0 bridgehead atoms. The van der Waals surface area contributed by atoms with Crippen LogP contribution in [0, 0.1) is 0 Å². The first-order valence-electron chi connectivity index (χ1n) is 3.30. The summed E-state index contributed by atoms with van der Waals surface area (Å²) in [5.74, 6) is 0. The number of aromatic amines is 1. The molecule has 1 aromatic carbocycles. The largest absolute Gasteiger partial charge is 0.870 e. The Kier molecular flexibility index (Phi) is 2.49. The molecule has 0 amide bonds. The number of rotatable bonds is 1. The molecule has 62 valence electrons. The summed E-state index contributed by atoms with van der Waals surface area (Å²) < 4.78 is 1.74. The zero-order chi connectivity index (χ0) is 7.52. The van der Waals surface area contributed by atoms with Gasteiger partial charge in [0.05, 0.1) is 0 Å². The molecule has 1 aromatic heterocycles. The number of aromatic nitrogens is 4. The first-order valence-corrected chi connectivity index (χ1v) is 3.30. The normalized spacial score (nSPS) is 9.00. The lowest BCUT2D eigenvalue weighted by atomic mass is 10.3. The van der Waals surface area contributed by atoms with Gasteiger partial charge in [-0.25, -0.2) is 0 Å². The quantitative estimate of drug-likeness (QED) is 0.598. The SMILES string of the molecule is [OH-].c1ccc(-[n+]2cnn[nH]2)cc1. The summed E-state index contributed by atoms with van der Waals surface area (Å²) in [6.45, 7) is 0. The number of para-hydroxylation sites is 1. The minimum Gasteiger partial charge on any atom is -0.870 e. The maximum Gasteiger partial charge on any atom is 0.293 e. The smallest absolute Gasteiger partial charge is 0.293 e. The second kappa shape index (κ2) is 3.59. The third-order valence-electron chi connectivity index (χ3n) is 1.41. The molecule has 0 saturated heterocycles. The van der Waals surface area contributed by atoms with E-state index in [0.29, 0.717) is 0 Å². The van der Waals surface area contributed by atoms with Crippen LogP contribution in [0.15, 0.2) is 36.7 Å². The predicted octanol–water partition coefficient (Wildman–Crippen LogP) is -0.0954. The summed E-state index contributed by atoms with van der Waals surface area (Å²) in [5, 5.41) is 9.95. The Morgan fingerprint density at radius 1 is 1.17 bits per heavy atom. The molecule has 2 N–H and O–H groups in total. The molecular weight excluding hydrogens is 156 g/mol. The number of hydrogen-bond acceptors (Lipinski definition) is 3. The van der Waals surface area contributed by atoms with Crippen LogP contribution in [0.1, 0.15) is 0 Å². The van der Waals surface area contributed by atoms with E-state index in [1.54, 1.807) is 11.0 Å². The molecule has 2 aromatic rings. The first-order chi connectivity index (χ1) is 5.47. The van der Waals surface area contributed by atoms with Gasteiger partial charge >= 0.3 is 0 Å². The van der Waals surface area contributed by atoms with Crippen LogP contribution in [0.25, 0.3) is 5.69 Å². The van der Waals surface area contributed by atoms with Crippen molar-refractivity contribution in [2.24, 2.45) is 0 Å². The van der Waals surface area contributed by atoms with Gasteiger partial charge in [0.2, 0.25) is 0 Å². The molecule has 5 heteroatoms. The van der Waals surface area contributed by atoms with Gasteiger partial charge in [-0.05, 0) is 12.1 Å². The Labute approximate surface area is 69.0 Å². The summed E-state index contributed by atoms with van der Waals surface area (Å²) >= 11 is 0. The lowest BCUT2D eigenvalue weighted by Crippen LogP contribution is -2.31. The third-order valence-corrected chi connectivity index (χ3v) is 1.41. The fourth-order valence-corrected chi connectivity index (χ4v) is 0.890. The Morgan fingerprint density at radius 3 is 2.50 bits per heavy atom. The number of hydrogen-bond donors (Lipinski definition) is 1. The number of benzene rings is 1. The van der Waals surface area contributed by atoms with Crippen LogP contribution in [0.4, 0.5) is 0 Å². The van der Waals surface area contributed by atoms with Crippen molar-refractivity contribution >= 4 is 0 Å². The summed E-state index contributed by atoms with van der Waals surface area (Å²) in [6, 6.07) is 9.83. The van der Waals surface area contributed by atoms with Crippen LogP contribution in [-0.4, -0.2) is 21.0 Å². The standard InChI is InChI=1S/C7H6N4.H2O/c1-2-4-7(5-3-1)11-6-8-9-10-11;/h1-6H;1H2. The minimum absolute atomic E-state index is 0. The van der Waals surface area contributed by atoms with Crippen molar-refractivity contribution < 1.29 is 10.2 Å². The molecule has 0 radical (unpaired) electrons. The van der Waals surface area contributed by atoms with Crippen LogP contribution in [0.2, 0.25) is 0 Å². The maximum atomic E-state index is 3.66. The van der Waals surface area contributed by atoms with Gasteiger partial charge in [0.1, 0.15) is 10.8 Å². The van der Waals surface area contributed by atoms with Gasteiger partial charge in [-0.3, -0.25) is 0 Å². The van der Waals surface area contributed by atoms with Gasteiger partial charge < -0.3 is 5.48 Å². The predicted molar refractivity (Wildman–Crippen MR) is 39.9 cm³/mol. The van der Waals surface area contributed by atoms with E-state index in [4.69, 9.17) is 0 Å². The molecule has 12 heavy (non-hydrogen) atoms. The summed E-state index contributed by atoms with van der Waals surface area (Å²) in [4.78, 5) is 0. The Bertz CT molecular complexity index is 318. The zero-order valence-corrected chi connectivity index (χ0v) is 6.25. The lowest BCUT2D eigenvalue weighted by molar-refractivity contribution is -0.660. The van der Waals surface area contributed by atoms with E-state index in [1.165, 1.54) is 0 Å². The van der Waals surface area contributed by atoms with Crippen molar-refractivity contribution in [2.75, 3.05) is 0 Å². The average molecular weight is 164 g/mol. The summed E-state index contributed by atoms with van der Waals surface area (Å²) in [6.07, 6.45) is 1.62. The van der Waals surface area contributed by atoms with Gasteiger partial charge in [0.15, 0.2) is 5.21 Å². The summed E-state index contributed by atoms with van der Waals surface area (Å²) in [7, 11) is 0. The molecule has 0 unspecified atom stereocenters. The summed E-state index contributed by atoms with van der Waals surface area (Å²) in [5.41, 5.74) is 1.03. The van der Waals surface area contributed by atoms with Crippen LogP contribution in [0.3, 0.4) is 0 Å². The maximum absolute atomic E-state index is 3.66. The van der Waals surface area contributed by atoms with E-state index in [-0.39, 0.29) is 5.48 Å². The van der Waals surface area contributed by atoms with E-state index < -0.39 is 0 Å². The molecule has 0 spiro atoms. The minimum atomic E-state index is 0. The van der Waals surface area contributed by atoms with Crippen molar-refractivity contribution in [2.45, 2.75) is 0 Å². The van der Waals surface area contributed by atoms with Gasteiger partial charge in [0, 0.05) is 0 Å². The van der Waals surface area contributed by atoms with Crippen molar-refractivity contribution in [1.82, 2.24) is 15.5 Å². The first kappa shape index (κ1) is 8.35. The average Bonchev–Trinajstić information content (AvgIpc) is 2.58. The molecule has 0 atom stereocenters. The molecule has 5 nitrogen and oxygen atoms in total. The van der Waals surface area contributed by atoms with Crippen molar-refractivity contribution in [3.63, 3.8) is 0 Å². The number of H-pyrrole nitrogens is 1. The van der Waals surface area contributed by atoms with Crippen molar-refractivity contribution in [1.29, 1.82) is 0 Å². The van der Waals surface area contributed by atoms with E-state index in [1.807, 2.05) is 30.3 Å². The fraction of sp³-hybridized carbons (Fsp3) is 0. The molecule has 0 saturated carbocycles. The Hall–Kier alpha value is -1.75. The van der Waals surface area contributed by atoms with Crippen molar-refractivity contribution in [3.8, 4) is 5.69 Å². The highest BCUT2D eigenvalue weighted by Crippen LogP contribution is 1.93. The van der Waals surface area contributed by atoms with E-state index >= 15 is 0 Å². The second-order valence-corrected chi connectivity index (χ2v) is 2.14. The third kappa shape index (κ3) is 1.46. The Balaban J connectivity index is 0.000000720. The highest BCUT2D eigenvalue weighted by Gasteiger charge is 1.99. The molecule has 0 aliphatic heterocycles. The lowest BCUT2D eigenvalue weighted by Gasteiger charge is -1.90. The monoisotopic (exact) mass is 164 g/mol. The zero-order valence-electron chi connectivity index (χ0n) is 6.25. The molecule has 0 aliphatic carbocycles. The molecule has 0 fully saturated rings. The molecule has 2 rings (SSSR count). The highest BCUT2D eigenvalue weighted by molar-refractivity contribution is 5.20. The Morgan fingerprint density at radius 2 is 1.92 bits per heavy atom. The van der Waals surface area contributed by atoms with Crippen LogP contribution in [0.5, 0.6) is 0 Å². The molecule has 0 aliphatic rings. The highest BCUT2D eigenvalue weighted by atomic mass is 16.0. The topological polar surface area (TPSA) is 75.5 Å². The van der Waals surface area contributed by atoms with E-state index in [0.717, 1.165) is 5.69 Å². The van der Waals surface area contributed by atoms with Crippen molar-refractivity contribution in [3.05, 3.63) is 36.7 Å². The second-order valence-electron chi connectivity index (χ2n) is 2.14.